The predicted molar refractivity (Wildman–Crippen MR) is 106 cm³/mol. The van der Waals surface area contributed by atoms with Crippen LogP contribution in [0.15, 0.2) is 48.5 Å². The minimum atomic E-state index is -0.347. The third-order valence-corrected chi connectivity index (χ3v) is 4.60. The zero-order chi connectivity index (χ0) is 19.2. The lowest BCUT2D eigenvalue weighted by Gasteiger charge is -2.06. The maximum absolute atomic E-state index is 12.2. The van der Waals surface area contributed by atoms with Gasteiger partial charge in [0.05, 0.1) is 6.54 Å². The molecule has 27 heavy (non-hydrogen) atoms. The zero-order valence-corrected chi connectivity index (χ0v) is 15.8. The molecule has 3 amide bonds. The lowest BCUT2D eigenvalue weighted by Crippen LogP contribution is -2.28. The van der Waals surface area contributed by atoms with Crippen LogP contribution in [-0.4, -0.2) is 22.1 Å². The van der Waals surface area contributed by atoms with Crippen molar-refractivity contribution in [3.05, 3.63) is 69.7 Å². The molecular weight excluding hydrogens is 362 g/mol. The molecule has 0 atom stereocenters. The van der Waals surface area contributed by atoms with Crippen molar-refractivity contribution in [2.24, 2.45) is 0 Å². The highest BCUT2D eigenvalue weighted by atomic mass is 32.1. The van der Waals surface area contributed by atoms with Crippen LogP contribution in [-0.2, 0) is 6.54 Å². The first-order chi connectivity index (χ1) is 13.0. The molecule has 3 aromatic rings. The first-order valence-electron chi connectivity index (χ1n) is 8.31. The number of hydrogen-bond acceptors (Lipinski definition) is 5. The Hall–Kier alpha value is -3.26. The molecule has 1 aromatic heterocycles. The average molecular weight is 381 g/mol. The Kier molecular flexibility index (Phi) is 5.77. The molecule has 0 fully saturated rings. The van der Waals surface area contributed by atoms with Gasteiger partial charge in [0.15, 0.2) is 0 Å². The summed E-state index contributed by atoms with van der Waals surface area (Å²) in [6.07, 6.45) is 0. The number of amides is 3. The molecule has 3 rings (SSSR count). The highest BCUT2D eigenvalue weighted by molar-refractivity contribution is 7.13. The van der Waals surface area contributed by atoms with E-state index in [1.807, 2.05) is 62.4 Å². The van der Waals surface area contributed by atoms with Gasteiger partial charge in [0.25, 0.3) is 5.91 Å². The van der Waals surface area contributed by atoms with Gasteiger partial charge >= 0.3 is 6.03 Å². The summed E-state index contributed by atoms with van der Waals surface area (Å²) in [4.78, 5) is 24.2. The van der Waals surface area contributed by atoms with Crippen LogP contribution >= 0.6 is 11.3 Å². The number of benzene rings is 2. The van der Waals surface area contributed by atoms with Crippen molar-refractivity contribution in [1.82, 2.24) is 15.5 Å². The van der Waals surface area contributed by atoms with Gasteiger partial charge in [-0.25, -0.2) is 4.79 Å². The Morgan fingerprint density at radius 2 is 1.41 bits per heavy atom. The van der Waals surface area contributed by atoms with Crippen LogP contribution in [0, 0.1) is 13.8 Å². The fraction of sp³-hybridized carbons (Fsp3) is 0.158. The number of carbonyl (C=O) groups excluding carboxylic acids is 2. The third-order valence-electron chi connectivity index (χ3n) is 3.68. The average Bonchev–Trinajstić information content (AvgIpc) is 3.13. The van der Waals surface area contributed by atoms with E-state index in [1.54, 1.807) is 0 Å². The second-order valence-electron chi connectivity index (χ2n) is 5.99. The summed E-state index contributed by atoms with van der Waals surface area (Å²) in [5.41, 5.74) is 3.62. The van der Waals surface area contributed by atoms with Crippen LogP contribution in [0.1, 0.15) is 25.9 Å². The van der Waals surface area contributed by atoms with Gasteiger partial charge in [-0.2, -0.15) is 0 Å². The fourth-order valence-corrected chi connectivity index (χ4v) is 2.88. The number of carbonyl (C=O) groups is 2. The van der Waals surface area contributed by atoms with Gasteiger partial charge in [-0.3, -0.25) is 4.79 Å². The maximum atomic E-state index is 12.2. The summed E-state index contributed by atoms with van der Waals surface area (Å²) < 4.78 is 0. The number of nitrogens with one attached hydrogen (secondary N) is 3. The Morgan fingerprint density at radius 1 is 0.852 bits per heavy atom. The molecule has 8 heteroatoms. The van der Waals surface area contributed by atoms with E-state index in [0.717, 1.165) is 22.5 Å². The molecule has 0 aliphatic heterocycles. The van der Waals surface area contributed by atoms with E-state index in [4.69, 9.17) is 0 Å². The molecular formula is C19H19N5O2S. The van der Waals surface area contributed by atoms with E-state index in [1.165, 1.54) is 0 Å². The molecule has 0 radical (unpaired) electrons. The number of rotatable bonds is 5. The van der Waals surface area contributed by atoms with Crippen LogP contribution in [0.4, 0.5) is 16.2 Å². The molecule has 0 saturated heterocycles. The summed E-state index contributed by atoms with van der Waals surface area (Å²) in [6, 6.07) is 14.6. The van der Waals surface area contributed by atoms with Gasteiger partial charge in [-0.1, -0.05) is 46.7 Å². The maximum Gasteiger partial charge on any atom is 0.319 e. The second kappa shape index (κ2) is 8.41. The predicted octanol–water partition coefficient (Wildman–Crippen LogP) is 3.73. The molecule has 0 saturated carbocycles. The van der Waals surface area contributed by atoms with Crippen molar-refractivity contribution < 1.29 is 9.59 Å². The molecule has 2 aromatic carbocycles. The summed E-state index contributed by atoms with van der Waals surface area (Å²) in [6.45, 7) is 4.14. The highest BCUT2D eigenvalue weighted by Gasteiger charge is 2.13. The molecule has 0 unspecified atom stereocenters. The van der Waals surface area contributed by atoms with Gasteiger partial charge in [0.1, 0.15) is 5.01 Å². The number of nitrogens with zero attached hydrogens (tertiary/aromatic N) is 2. The van der Waals surface area contributed by atoms with E-state index in [2.05, 4.69) is 26.1 Å². The summed E-state index contributed by atoms with van der Waals surface area (Å²) >= 11 is 1.14. The number of aromatic nitrogens is 2. The quantitative estimate of drug-likeness (QED) is 0.627. The second-order valence-corrected chi connectivity index (χ2v) is 7.06. The summed E-state index contributed by atoms with van der Waals surface area (Å²) in [7, 11) is 0. The van der Waals surface area contributed by atoms with E-state index < -0.39 is 0 Å². The van der Waals surface area contributed by atoms with Gasteiger partial charge < -0.3 is 16.0 Å². The number of aryl methyl sites for hydroxylation is 2. The lowest BCUT2D eigenvalue weighted by atomic mass is 10.2. The van der Waals surface area contributed by atoms with Crippen LogP contribution in [0.25, 0.3) is 0 Å². The SMILES string of the molecule is Cc1ccc(NC(=O)NCc2nnc(C(=O)Nc3ccc(C)cc3)s2)cc1. The Balaban J connectivity index is 1.51. The van der Waals surface area contributed by atoms with Crippen molar-refractivity contribution in [3.63, 3.8) is 0 Å². The fourth-order valence-electron chi connectivity index (χ4n) is 2.21. The van der Waals surface area contributed by atoms with Crippen molar-refractivity contribution in [2.75, 3.05) is 10.6 Å². The van der Waals surface area contributed by atoms with Crippen LogP contribution in [0.5, 0.6) is 0 Å². The Bertz CT molecular complexity index is 935. The van der Waals surface area contributed by atoms with Gasteiger partial charge in [-0.05, 0) is 38.1 Å². The normalized spacial score (nSPS) is 10.3. The van der Waals surface area contributed by atoms with Gasteiger partial charge in [0, 0.05) is 11.4 Å². The number of urea groups is 1. The summed E-state index contributed by atoms with van der Waals surface area (Å²) in [5, 5.41) is 16.8. The minimum absolute atomic E-state index is 0.188. The standard InChI is InChI=1S/C19H19N5O2S/c1-12-3-7-14(8-4-12)21-17(25)18-24-23-16(27-18)11-20-19(26)22-15-9-5-13(2)6-10-15/h3-10H,11H2,1-2H3,(H,21,25)(H2,20,22,26). The van der Waals surface area contributed by atoms with E-state index in [-0.39, 0.29) is 23.5 Å². The monoisotopic (exact) mass is 381 g/mol. The number of anilines is 2. The highest BCUT2D eigenvalue weighted by Crippen LogP contribution is 2.14. The van der Waals surface area contributed by atoms with Crippen LogP contribution in [0.3, 0.4) is 0 Å². The molecule has 0 aliphatic rings. The van der Waals surface area contributed by atoms with Crippen molar-refractivity contribution in [3.8, 4) is 0 Å². The van der Waals surface area contributed by atoms with Crippen molar-refractivity contribution >= 4 is 34.6 Å². The van der Waals surface area contributed by atoms with Gasteiger partial charge in [0.2, 0.25) is 5.01 Å². The lowest BCUT2D eigenvalue weighted by molar-refractivity contribution is 0.102. The van der Waals surface area contributed by atoms with E-state index in [0.29, 0.717) is 16.4 Å². The molecule has 7 nitrogen and oxygen atoms in total. The van der Waals surface area contributed by atoms with Crippen molar-refractivity contribution in [2.45, 2.75) is 20.4 Å². The first kappa shape index (κ1) is 18.5. The smallest absolute Gasteiger partial charge is 0.319 e. The Labute approximate surface area is 160 Å². The number of hydrogen-bond donors (Lipinski definition) is 3. The molecule has 3 N–H and O–H groups in total. The molecule has 0 spiro atoms. The van der Waals surface area contributed by atoms with E-state index >= 15 is 0 Å². The van der Waals surface area contributed by atoms with E-state index in [9.17, 15) is 9.59 Å². The van der Waals surface area contributed by atoms with Crippen molar-refractivity contribution in [1.29, 1.82) is 0 Å². The molecule has 1 heterocycles. The minimum Gasteiger partial charge on any atom is -0.331 e. The molecule has 0 aliphatic carbocycles. The largest absolute Gasteiger partial charge is 0.331 e. The molecule has 0 bridgehead atoms. The van der Waals surface area contributed by atoms with Crippen LogP contribution in [0.2, 0.25) is 0 Å². The zero-order valence-electron chi connectivity index (χ0n) is 14.9. The first-order valence-corrected chi connectivity index (χ1v) is 9.13. The third kappa shape index (κ3) is 5.35. The summed E-state index contributed by atoms with van der Waals surface area (Å²) in [5.74, 6) is -0.327. The Morgan fingerprint density at radius 3 is 2.00 bits per heavy atom. The van der Waals surface area contributed by atoms with Crippen LogP contribution < -0.4 is 16.0 Å². The molecule has 138 valence electrons. The topological polar surface area (TPSA) is 96.0 Å². The van der Waals surface area contributed by atoms with Gasteiger partial charge in [-0.15, -0.1) is 10.2 Å².